The van der Waals surface area contributed by atoms with Crippen molar-refractivity contribution >= 4 is 17.3 Å². The predicted octanol–water partition coefficient (Wildman–Crippen LogP) is 5.17. The molecule has 0 amide bonds. The predicted molar refractivity (Wildman–Crippen MR) is 85.8 cm³/mol. The smallest absolute Gasteiger partial charge is 0.150 e. The van der Waals surface area contributed by atoms with Gasteiger partial charge >= 0.3 is 0 Å². The van der Waals surface area contributed by atoms with Gasteiger partial charge in [0, 0.05) is 16.5 Å². The summed E-state index contributed by atoms with van der Waals surface area (Å²) in [6.45, 7) is 4.16. The van der Waals surface area contributed by atoms with E-state index in [0.717, 1.165) is 52.5 Å². The standard InChI is InChI=1S/C19H18O2/c1-3-6-14-9-16(10-17(12-20)13(14)2)19-11-15-7-4-5-8-18(15)21-19/h4-5,7-12H,3,6H2,1-2H3. The highest BCUT2D eigenvalue weighted by atomic mass is 16.3. The highest BCUT2D eigenvalue weighted by Gasteiger charge is 2.11. The van der Waals surface area contributed by atoms with E-state index in [1.54, 1.807) is 0 Å². The third kappa shape index (κ3) is 2.49. The lowest BCUT2D eigenvalue weighted by Gasteiger charge is -2.09. The molecule has 0 saturated carbocycles. The molecule has 0 aliphatic rings. The molecule has 0 radical (unpaired) electrons. The van der Waals surface area contributed by atoms with Gasteiger partial charge in [-0.3, -0.25) is 4.79 Å². The Bertz CT molecular complexity index is 763. The average molecular weight is 278 g/mol. The van der Waals surface area contributed by atoms with E-state index in [4.69, 9.17) is 4.42 Å². The molecule has 2 heteroatoms. The molecule has 0 spiro atoms. The largest absolute Gasteiger partial charge is 0.456 e. The van der Waals surface area contributed by atoms with Crippen LogP contribution in [-0.4, -0.2) is 6.29 Å². The zero-order valence-corrected chi connectivity index (χ0v) is 12.3. The first-order valence-corrected chi connectivity index (χ1v) is 7.30. The van der Waals surface area contributed by atoms with E-state index in [1.807, 2.05) is 43.3 Å². The summed E-state index contributed by atoms with van der Waals surface area (Å²) in [5.74, 6) is 0.816. The molecule has 0 fully saturated rings. The van der Waals surface area contributed by atoms with Crippen LogP contribution < -0.4 is 0 Å². The molecule has 106 valence electrons. The number of para-hydroxylation sites is 1. The van der Waals surface area contributed by atoms with Crippen molar-refractivity contribution < 1.29 is 9.21 Å². The van der Waals surface area contributed by atoms with Crippen LogP contribution in [0.15, 0.2) is 46.9 Å². The number of rotatable bonds is 4. The van der Waals surface area contributed by atoms with Crippen LogP contribution in [0.2, 0.25) is 0 Å². The molecule has 0 saturated heterocycles. The van der Waals surface area contributed by atoms with E-state index in [0.29, 0.717) is 0 Å². The van der Waals surface area contributed by atoms with E-state index >= 15 is 0 Å². The third-order valence-corrected chi connectivity index (χ3v) is 3.91. The van der Waals surface area contributed by atoms with Crippen molar-refractivity contribution in [2.75, 3.05) is 0 Å². The molecule has 3 aromatic rings. The summed E-state index contributed by atoms with van der Waals surface area (Å²) in [6.07, 6.45) is 2.96. The zero-order chi connectivity index (χ0) is 14.8. The van der Waals surface area contributed by atoms with Crippen molar-refractivity contribution in [3.8, 4) is 11.3 Å². The summed E-state index contributed by atoms with van der Waals surface area (Å²) in [7, 11) is 0. The fraction of sp³-hybridized carbons (Fsp3) is 0.211. The lowest BCUT2D eigenvalue weighted by atomic mass is 9.95. The summed E-state index contributed by atoms with van der Waals surface area (Å²) < 4.78 is 5.91. The first-order valence-electron chi connectivity index (χ1n) is 7.30. The Morgan fingerprint density at radius 2 is 1.95 bits per heavy atom. The topological polar surface area (TPSA) is 30.2 Å². The lowest BCUT2D eigenvalue weighted by Crippen LogP contribution is -1.96. The number of fused-ring (bicyclic) bond motifs is 1. The van der Waals surface area contributed by atoms with Crippen LogP contribution >= 0.6 is 0 Å². The van der Waals surface area contributed by atoms with Crippen molar-refractivity contribution in [1.82, 2.24) is 0 Å². The van der Waals surface area contributed by atoms with E-state index in [1.165, 1.54) is 5.56 Å². The monoisotopic (exact) mass is 278 g/mol. The second-order valence-electron chi connectivity index (χ2n) is 5.37. The quantitative estimate of drug-likeness (QED) is 0.616. The average Bonchev–Trinajstić information content (AvgIpc) is 2.93. The summed E-state index contributed by atoms with van der Waals surface area (Å²) in [5.41, 5.74) is 4.89. The molecule has 0 atom stereocenters. The van der Waals surface area contributed by atoms with Gasteiger partial charge in [0.2, 0.25) is 0 Å². The van der Waals surface area contributed by atoms with Crippen LogP contribution in [0.3, 0.4) is 0 Å². The van der Waals surface area contributed by atoms with Crippen LogP contribution in [-0.2, 0) is 6.42 Å². The fourth-order valence-electron chi connectivity index (χ4n) is 2.72. The second kappa shape index (κ2) is 5.57. The molecule has 0 bridgehead atoms. The van der Waals surface area contributed by atoms with Gasteiger partial charge in [0.15, 0.2) is 0 Å². The van der Waals surface area contributed by atoms with Crippen molar-refractivity contribution in [1.29, 1.82) is 0 Å². The van der Waals surface area contributed by atoms with Crippen LogP contribution in [0.1, 0.15) is 34.8 Å². The maximum Gasteiger partial charge on any atom is 0.150 e. The Morgan fingerprint density at radius 1 is 1.14 bits per heavy atom. The summed E-state index contributed by atoms with van der Waals surface area (Å²) in [6, 6.07) is 14.0. The Labute approximate surface area is 124 Å². The molecule has 2 nitrogen and oxygen atoms in total. The second-order valence-corrected chi connectivity index (χ2v) is 5.37. The molecule has 1 aromatic heterocycles. The first-order chi connectivity index (χ1) is 10.2. The van der Waals surface area contributed by atoms with Gasteiger partial charge in [-0.05, 0) is 48.7 Å². The van der Waals surface area contributed by atoms with Gasteiger partial charge in [-0.2, -0.15) is 0 Å². The van der Waals surface area contributed by atoms with E-state index in [2.05, 4.69) is 13.0 Å². The Balaban J connectivity index is 2.16. The van der Waals surface area contributed by atoms with Gasteiger partial charge in [0.1, 0.15) is 17.6 Å². The number of carbonyl (C=O) groups is 1. The molecule has 2 aromatic carbocycles. The normalized spacial score (nSPS) is 11.0. The summed E-state index contributed by atoms with van der Waals surface area (Å²) in [4.78, 5) is 11.3. The number of carbonyl (C=O) groups excluding carboxylic acids is 1. The Hall–Kier alpha value is -2.35. The van der Waals surface area contributed by atoms with E-state index in [-0.39, 0.29) is 0 Å². The van der Waals surface area contributed by atoms with Gasteiger partial charge in [-0.25, -0.2) is 0 Å². The van der Waals surface area contributed by atoms with Crippen molar-refractivity contribution in [2.24, 2.45) is 0 Å². The maximum absolute atomic E-state index is 11.3. The highest BCUT2D eigenvalue weighted by molar-refractivity contribution is 5.85. The van der Waals surface area contributed by atoms with Crippen molar-refractivity contribution in [3.05, 3.63) is 59.2 Å². The maximum atomic E-state index is 11.3. The molecule has 21 heavy (non-hydrogen) atoms. The number of furan rings is 1. The molecule has 3 rings (SSSR count). The number of hydrogen-bond donors (Lipinski definition) is 0. The minimum absolute atomic E-state index is 0.747. The van der Waals surface area contributed by atoms with Crippen molar-refractivity contribution in [2.45, 2.75) is 26.7 Å². The van der Waals surface area contributed by atoms with E-state index in [9.17, 15) is 4.79 Å². The van der Waals surface area contributed by atoms with Gasteiger partial charge in [-0.15, -0.1) is 0 Å². The number of benzene rings is 2. The minimum atomic E-state index is 0.747. The van der Waals surface area contributed by atoms with Crippen LogP contribution in [0, 0.1) is 6.92 Å². The van der Waals surface area contributed by atoms with Crippen LogP contribution in [0.4, 0.5) is 0 Å². The third-order valence-electron chi connectivity index (χ3n) is 3.91. The Kier molecular flexibility index (Phi) is 3.61. The van der Waals surface area contributed by atoms with Crippen LogP contribution in [0.5, 0.6) is 0 Å². The highest BCUT2D eigenvalue weighted by Crippen LogP contribution is 2.30. The van der Waals surface area contributed by atoms with Crippen molar-refractivity contribution in [3.63, 3.8) is 0 Å². The van der Waals surface area contributed by atoms with Gasteiger partial charge < -0.3 is 4.42 Å². The molecule has 0 aliphatic carbocycles. The molecule has 0 unspecified atom stereocenters. The molecular weight excluding hydrogens is 260 g/mol. The SMILES string of the molecule is CCCc1cc(-c2cc3ccccc3o2)cc(C=O)c1C. The number of aryl methyl sites for hydroxylation is 1. The van der Waals surface area contributed by atoms with Gasteiger partial charge in [-0.1, -0.05) is 31.5 Å². The van der Waals surface area contributed by atoms with Gasteiger partial charge in [0.05, 0.1) is 0 Å². The lowest BCUT2D eigenvalue weighted by molar-refractivity contribution is 0.112. The zero-order valence-electron chi connectivity index (χ0n) is 12.3. The fourth-order valence-corrected chi connectivity index (χ4v) is 2.72. The molecule has 1 heterocycles. The number of aldehydes is 1. The van der Waals surface area contributed by atoms with E-state index < -0.39 is 0 Å². The molecule has 0 aliphatic heterocycles. The Morgan fingerprint density at radius 3 is 2.67 bits per heavy atom. The molecular formula is C19H18O2. The summed E-state index contributed by atoms with van der Waals surface area (Å²) >= 11 is 0. The van der Waals surface area contributed by atoms with Gasteiger partial charge in [0.25, 0.3) is 0 Å². The van der Waals surface area contributed by atoms with Crippen LogP contribution in [0.25, 0.3) is 22.3 Å². The molecule has 0 N–H and O–H groups in total. The minimum Gasteiger partial charge on any atom is -0.456 e. The number of hydrogen-bond acceptors (Lipinski definition) is 2. The summed E-state index contributed by atoms with van der Waals surface area (Å²) in [5, 5.41) is 1.08. The first kappa shape index (κ1) is 13.6.